The number of alkyl carbamates (subject to hydrolysis) is 1. The van der Waals surface area contributed by atoms with Crippen LogP contribution in [0.2, 0.25) is 0 Å². The Labute approximate surface area is 134 Å². The molecule has 1 rings (SSSR count). The Morgan fingerprint density at radius 3 is 2.76 bits per heavy atom. The number of unbranched alkanes of at least 4 members (excludes halogenated alkanes) is 1. The van der Waals surface area contributed by atoms with Gasteiger partial charge in [0.15, 0.2) is 0 Å². The van der Waals surface area contributed by atoms with E-state index >= 15 is 0 Å². The molecule has 0 bridgehead atoms. The van der Waals surface area contributed by atoms with Crippen LogP contribution >= 0.6 is 15.9 Å². The van der Waals surface area contributed by atoms with Gasteiger partial charge in [0.1, 0.15) is 10.2 Å². The van der Waals surface area contributed by atoms with Crippen LogP contribution in [-0.2, 0) is 16.1 Å². The molecule has 0 atom stereocenters. The summed E-state index contributed by atoms with van der Waals surface area (Å²) in [5, 5.41) is 2.72. The van der Waals surface area contributed by atoms with E-state index in [2.05, 4.69) is 26.2 Å². The zero-order chi connectivity index (χ0) is 15.7. The number of amides is 1. The molecule has 21 heavy (non-hydrogen) atoms. The minimum absolute atomic E-state index is 0.373. The number of carbonyl (C=O) groups is 1. The summed E-state index contributed by atoms with van der Waals surface area (Å²) < 4.78 is 11.5. The number of hydrogen-bond acceptors (Lipinski definition) is 4. The van der Waals surface area contributed by atoms with Gasteiger partial charge in [-0.3, -0.25) is 0 Å². The molecule has 0 aromatic carbocycles. The molecule has 0 saturated carbocycles. The average molecular weight is 359 g/mol. The highest BCUT2D eigenvalue weighted by Crippen LogP contribution is 2.08. The van der Waals surface area contributed by atoms with Gasteiger partial charge in [-0.15, -0.1) is 0 Å². The SMILES string of the molecule is CC(C)(C)OC(=O)NCCCCOCc1cccc(Br)n1. The van der Waals surface area contributed by atoms with Gasteiger partial charge in [0.2, 0.25) is 0 Å². The van der Waals surface area contributed by atoms with Crippen LogP contribution in [0.1, 0.15) is 39.3 Å². The van der Waals surface area contributed by atoms with E-state index in [1.165, 1.54) is 0 Å². The van der Waals surface area contributed by atoms with Gasteiger partial charge >= 0.3 is 6.09 Å². The smallest absolute Gasteiger partial charge is 0.407 e. The zero-order valence-corrected chi connectivity index (χ0v) is 14.4. The van der Waals surface area contributed by atoms with E-state index in [4.69, 9.17) is 9.47 Å². The molecule has 1 heterocycles. The topological polar surface area (TPSA) is 60.5 Å². The fourth-order valence-electron chi connectivity index (χ4n) is 1.54. The van der Waals surface area contributed by atoms with E-state index in [1.807, 2.05) is 39.0 Å². The molecule has 1 aromatic rings. The van der Waals surface area contributed by atoms with Crippen LogP contribution in [0.15, 0.2) is 22.8 Å². The standard InChI is InChI=1S/C15H23BrN2O3/c1-15(2,3)21-14(19)17-9-4-5-10-20-11-12-7-6-8-13(16)18-12/h6-8H,4-5,9-11H2,1-3H3,(H,17,19). The van der Waals surface area contributed by atoms with Gasteiger partial charge in [-0.25, -0.2) is 9.78 Å². The maximum Gasteiger partial charge on any atom is 0.407 e. The summed E-state index contributed by atoms with van der Waals surface area (Å²) >= 11 is 3.32. The highest BCUT2D eigenvalue weighted by molar-refractivity contribution is 9.10. The minimum atomic E-state index is -0.454. The van der Waals surface area contributed by atoms with Crippen LogP contribution in [0.25, 0.3) is 0 Å². The first-order valence-electron chi connectivity index (χ1n) is 7.03. The first kappa shape index (κ1) is 17.9. The van der Waals surface area contributed by atoms with Crippen LogP contribution in [0.3, 0.4) is 0 Å². The molecule has 118 valence electrons. The van der Waals surface area contributed by atoms with Gasteiger partial charge in [0, 0.05) is 13.2 Å². The molecule has 5 nitrogen and oxygen atoms in total. The number of hydrogen-bond donors (Lipinski definition) is 1. The first-order valence-corrected chi connectivity index (χ1v) is 7.82. The molecule has 0 unspecified atom stereocenters. The highest BCUT2D eigenvalue weighted by Gasteiger charge is 2.15. The van der Waals surface area contributed by atoms with Gasteiger partial charge < -0.3 is 14.8 Å². The number of pyridine rings is 1. The van der Waals surface area contributed by atoms with Crippen molar-refractivity contribution in [2.45, 2.75) is 45.8 Å². The predicted molar refractivity (Wildman–Crippen MR) is 85.1 cm³/mol. The van der Waals surface area contributed by atoms with Crippen molar-refractivity contribution >= 4 is 22.0 Å². The summed E-state index contributed by atoms with van der Waals surface area (Å²) in [6, 6.07) is 5.74. The summed E-state index contributed by atoms with van der Waals surface area (Å²) in [7, 11) is 0. The third-order valence-corrected chi connectivity index (χ3v) is 2.85. The van der Waals surface area contributed by atoms with Crippen molar-refractivity contribution in [2.24, 2.45) is 0 Å². The van der Waals surface area contributed by atoms with E-state index in [9.17, 15) is 4.79 Å². The first-order chi connectivity index (χ1) is 9.87. The molecular weight excluding hydrogens is 336 g/mol. The summed E-state index contributed by atoms with van der Waals surface area (Å²) in [5.41, 5.74) is 0.445. The number of aromatic nitrogens is 1. The van der Waals surface area contributed by atoms with Crippen LogP contribution in [-0.4, -0.2) is 29.8 Å². The number of rotatable bonds is 7. The summed E-state index contributed by atoms with van der Waals surface area (Å²) in [5.74, 6) is 0. The van der Waals surface area contributed by atoms with Crippen LogP contribution < -0.4 is 5.32 Å². The molecule has 1 aromatic heterocycles. The zero-order valence-electron chi connectivity index (χ0n) is 12.8. The van der Waals surface area contributed by atoms with Gasteiger partial charge in [0.05, 0.1) is 12.3 Å². The van der Waals surface area contributed by atoms with Gasteiger partial charge in [-0.1, -0.05) is 6.07 Å². The fourth-order valence-corrected chi connectivity index (χ4v) is 1.92. The molecular formula is C15H23BrN2O3. The van der Waals surface area contributed by atoms with Crippen molar-refractivity contribution in [3.8, 4) is 0 Å². The molecule has 0 aliphatic carbocycles. The molecule has 6 heteroatoms. The minimum Gasteiger partial charge on any atom is -0.444 e. The average Bonchev–Trinajstić information content (AvgIpc) is 2.35. The predicted octanol–water partition coefficient (Wildman–Crippen LogP) is 3.67. The Morgan fingerprint density at radius 2 is 2.10 bits per heavy atom. The van der Waals surface area contributed by atoms with Gasteiger partial charge in [-0.05, 0) is 61.7 Å². The maximum atomic E-state index is 11.4. The Kier molecular flexibility index (Phi) is 7.67. The largest absolute Gasteiger partial charge is 0.444 e. The van der Waals surface area contributed by atoms with Crippen molar-refractivity contribution < 1.29 is 14.3 Å². The third kappa shape index (κ3) is 9.42. The number of nitrogens with one attached hydrogen (secondary N) is 1. The Bertz CT molecular complexity index is 447. The normalized spacial score (nSPS) is 11.2. The van der Waals surface area contributed by atoms with Crippen molar-refractivity contribution in [2.75, 3.05) is 13.2 Å². The number of halogens is 1. The monoisotopic (exact) mass is 358 g/mol. The van der Waals surface area contributed by atoms with Crippen molar-refractivity contribution in [1.82, 2.24) is 10.3 Å². The summed E-state index contributed by atoms with van der Waals surface area (Å²) in [6.45, 7) is 7.26. The lowest BCUT2D eigenvalue weighted by Gasteiger charge is -2.19. The third-order valence-electron chi connectivity index (χ3n) is 2.41. The second kappa shape index (κ2) is 9.00. The number of ether oxygens (including phenoxy) is 2. The maximum absolute atomic E-state index is 11.4. The molecule has 0 fully saturated rings. The van der Waals surface area contributed by atoms with E-state index < -0.39 is 5.60 Å². The molecule has 0 radical (unpaired) electrons. The summed E-state index contributed by atoms with van der Waals surface area (Å²) in [4.78, 5) is 15.7. The van der Waals surface area contributed by atoms with E-state index in [0.29, 0.717) is 19.8 Å². The van der Waals surface area contributed by atoms with Gasteiger partial charge in [0.25, 0.3) is 0 Å². The molecule has 0 saturated heterocycles. The molecule has 1 N–H and O–H groups in total. The van der Waals surface area contributed by atoms with Crippen molar-refractivity contribution in [1.29, 1.82) is 0 Å². The van der Waals surface area contributed by atoms with Crippen LogP contribution in [0.4, 0.5) is 4.79 Å². The lowest BCUT2D eigenvalue weighted by molar-refractivity contribution is 0.0524. The Hall–Kier alpha value is -1.14. The van der Waals surface area contributed by atoms with Crippen molar-refractivity contribution in [3.05, 3.63) is 28.5 Å². The summed E-state index contributed by atoms with van der Waals surface area (Å²) in [6.07, 6.45) is 1.36. The second-order valence-corrected chi connectivity index (χ2v) is 6.45. The molecule has 0 aliphatic rings. The van der Waals surface area contributed by atoms with E-state index in [-0.39, 0.29) is 6.09 Å². The fraction of sp³-hybridized carbons (Fsp3) is 0.600. The number of nitrogens with zero attached hydrogens (tertiary/aromatic N) is 1. The van der Waals surface area contributed by atoms with Gasteiger partial charge in [-0.2, -0.15) is 0 Å². The molecule has 0 spiro atoms. The van der Waals surface area contributed by atoms with Crippen LogP contribution in [0.5, 0.6) is 0 Å². The van der Waals surface area contributed by atoms with Crippen molar-refractivity contribution in [3.63, 3.8) is 0 Å². The van der Waals surface area contributed by atoms with E-state index in [0.717, 1.165) is 23.1 Å². The number of carbonyl (C=O) groups excluding carboxylic acids is 1. The van der Waals surface area contributed by atoms with Crippen LogP contribution in [0, 0.1) is 0 Å². The van der Waals surface area contributed by atoms with E-state index in [1.54, 1.807) is 0 Å². The Balaban J connectivity index is 2.01. The highest BCUT2D eigenvalue weighted by atomic mass is 79.9. The lowest BCUT2D eigenvalue weighted by atomic mass is 10.2. The lowest BCUT2D eigenvalue weighted by Crippen LogP contribution is -2.33. The second-order valence-electron chi connectivity index (χ2n) is 5.64. The quantitative estimate of drug-likeness (QED) is 0.596. The Morgan fingerprint density at radius 1 is 1.33 bits per heavy atom. The molecule has 1 amide bonds. The molecule has 0 aliphatic heterocycles.